The van der Waals surface area contributed by atoms with Gasteiger partial charge >= 0.3 is 13.8 Å². The zero-order chi connectivity index (χ0) is 57.2. The van der Waals surface area contributed by atoms with E-state index in [-0.39, 0.29) is 25.1 Å². The van der Waals surface area contributed by atoms with Gasteiger partial charge in [-0.1, -0.05) is 269 Å². The molecule has 0 radical (unpaired) electrons. The number of phosphoric ester groups is 1. The zero-order valence-electron chi connectivity index (χ0n) is 52.4. The fraction of sp³-hybridized carbons (Fsp3) is 0.853. The number of nitrogens with one attached hydrogen (secondary N) is 1. The van der Waals surface area contributed by atoms with E-state index in [4.69, 9.17) is 13.8 Å². The number of nitrogens with zero attached hydrogens (tertiary/aromatic N) is 1. The fourth-order valence-electron chi connectivity index (χ4n) is 9.79. The summed E-state index contributed by atoms with van der Waals surface area (Å²) in [6.45, 7) is 7.02. The minimum absolute atomic E-state index is 0.0403. The van der Waals surface area contributed by atoms with E-state index in [9.17, 15) is 19.0 Å². The van der Waals surface area contributed by atoms with Gasteiger partial charge in [-0.2, -0.15) is 0 Å². The van der Waals surface area contributed by atoms with Gasteiger partial charge in [0.25, 0.3) is 0 Å². The summed E-state index contributed by atoms with van der Waals surface area (Å²) >= 11 is 0. The maximum absolute atomic E-state index is 13.6. The number of allylic oxidation sites excluding steroid dienone is 7. The molecule has 0 fully saturated rings. The predicted octanol–water partition coefficient (Wildman–Crippen LogP) is 20.8. The Bertz CT molecular complexity index is 1470. The number of carbonyl (C=O) groups is 2. The van der Waals surface area contributed by atoms with Crippen molar-refractivity contribution < 1.29 is 37.3 Å². The number of esters is 1. The van der Waals surface area contributed by atoms with Crippen molar-refractivity contribution >= 4 is 19.7 Å². The van der Waals surface area contributed by atoms with Gasteiger partial charge in [-0.25, -0.2) is 4.57 Å². The first-order valence-electron chi connectivity index (χ1n) is 33.5. The normalized spacial score (nSPS) is 13.9. The van der Waals surface area contributed by atoms with Crippen molar-refractivity contribution in [1.29, 1.82) is 0 Å². The van der Waals surface area contributed by atoms with E-state index in [0.29, 0.717) is 23.9 Å². The van der Waals surface area contributed by atoms with Crippen molar-refractivity contribution in [3.8, 4) is 0 Å². The molecule has 2 N–H and O–H groups in total. The number of unbranched alkanes of at least 4 members (excludes halogenated alkanes) is 39. The second-order valence-corrected chi connectivity index (χ2v) is 25.4. The van der Waals surface area contributed by atoms with Crippen LogP contribution in [0.15, 0.2) is 48.6 Å². The molecule has 0 aliphatic heterocycles. The summed E-state index contributed by atoms with van der Waals surface area (Å²) in [5.74, 6) is -0.498. The topological polar surface area (TPSA) is 111 Å². The second kappa shape index (κ2) is 58.2. The Kier molecular flexibility index (Phi) is 56.7. The Morgan fingerprint density at radius 2 is 0.782 bits per heavy atom. The van der Waals surface area contributed by atoms with Gasteiger partial charge < -0.3 is 19.4 Å². The lowest BCUT2D eigenvalue weighted by molar-refractivity contribution is -0.870. The number of rotatable bonds is 61. The number of hydrogen-bond acceptors (Lipinski definition) is 6. The molecule has 78 heavy (non-hydrogen) atoms. The van der Waals surface area contributed by atoms with E-state index >= 15 is 0 Å². The first-order valence-corrected chi connectivity index (χ1v) is 35.0. The minimum Gasteiger partial charge on any atom is -0.456 e. The van der Waals surface area contributed by atoms with Crippen LogP contribution in [0.3, 0.4) is 0 Å². The molecule has 3 unspecified atom stereocenters. The van der Waals surface area contributed by atoms with Gasteiger partial charge in [-0.15, -0.1) is 0 Å². The van der Waals surface area contributed by atoms with Gasteiger partial charge in [0.1, 0.15) is 19.3 Å². The summed E-state index contributed by atoms with van der Waals surface area (Å²) in [4.78, 5) is 37.8. The lowest BCUT2D eigenvalue weighted by atomic mass is 10.0. The third-order valence-corrected chi connectivity index (χ3v) is 16.0. The van der Waals surface area contributed by atoms with Crippen LogP contribution >= 0.6 is 7.82 Å². The van der Waals surface area contributed by atoms with Crippen LogP contribution in [-0.4, -0.2) is 74.3 Å². The highest BCUT2D eigenvalue weighted by Gasteiger charge is 2.30. The number of hydrogen-bond donors (Lipinski definition) is 2. The van der Waals surface area contributed by atoms with E-state index < -0.39 is 20.0 Å². The van der Waals surface area contributed by atoms with Crippen LogP contribution in [-0.2, 0) is 27.9 Å². The zero-order valence-corrected chi connectivity index (χ0v) is 53.3. The molecule has 0 aromatic carbocycles. The lowest BCUT2D eigenvalue weighted by Crippen LogP contribution is -2.47. The minimum atomic E-state index is -4.45. The van der Waals surface area contributed by atoms with Crippen molar-refractivity contribution in [2.24, 2.45) is 0 Å². The van der Waals surface area contributed by atoms with Gasteiger partial charge in [0.05, 0.1) is 33.8 Å². The average Bonchev–Trinajstić information content (AvgIpc) is 3.40. The first-order chi connectivity index (χ1) is 37.9. The lowest BCUT2D eigenvalue weighted by Gasteiger charge is -2.27. The number of carbonyl (C=O) groups excluding carboxylic acids is 2. The monoisotopic (exact) mass is 1120 g/mol. The molecule has 0 rings (SSSR count). The molecule has 0 aromatic rings. The Morgan fingerprint density at radius 1 is 0.449 bits per heavy atom. The predicted molar refractivity (Wildman–Crippen MR) is 337 cm³/mol. The Hall–Kier alpha value is -2.03. The molecular formula is C68H130N2O7P+. The molecule has 1 amide bonds. The maximum atomic E-state index is 13.6. The van der Waals surface area contributed by atoms with Gasteiger partial charge in [-0.3, -0.25) is 18.6 Å². The van der Waals surface area contributed by atoms with E-state index in [1.807, 2.05) is 33.3 Å². The van der Waals surface area contributed by atoms with Crippen molar-refractivity contribution in [1.82, 2.24) is 5.32 Å². The summed E-state index contributed by atoms with van der Waals surface area (Å²) in [5.41, 5.74) is 0. The molecule has 0 saturated carbocycles. The summed E-state index contributed by atoms with van der Waals surface area (Å²) in [6, 6.07) is -0.849. The van der Waals surface area contributed by atoms with Crippen molar-refractivity contribution in [3.05, 3.63) is 48.6 Å². The molecule has 0 saturated heterocycles. The van der Waals surface area contributed by atoms with Crippen LogP contribution < -0.4 is 5.32 Å². The largest absolute Gasteiger partial charge is 0.472 e. The van der Waals surface area contributed by atoms with Gasteiger partial charge in [0.2, 0.25) is 5.91 Å². The fourth-order valence-corrected chi connectivity index (χ4v) is 10.5. The molecule has 0 aliphatic rings. The van der Waals surface area contributed by atoms with Crippen LogP contribution in [0, 0.1) is 0 Å². The molecule has 9 nitrogen and oxygen atoms in total. The van der Waals surface area contributed by atoms with Gasteiger partial charge in [0.15, 0.2) is 0 Å². The number of quaternary nitrogens is 1. The standard InChI is InChI=1S/C68H129N2O7P/c1-7-10-13-16-19-22-25-28-30-32-34-35-37-38-40-42-45-48-51-54-57-60-67(71)69-65(64-76-78(73,74)75-63-62-70(4,5)6)66(59-56-53-50-47-44-27-24-21-18-15-12-9-3)77-68(72)61-58-55-52-49-46-43-41-39-36-33-31-29-26-23-20-17-14-11-8-2/h19,22,28-31,56,59,65-66H,7-18,20-21,23-27,32-55,57-58,60-64H2,1-6H3,(H-,69,71,73,74)/p+1/b22-19-,30-28-,31-29+,59-56+. The summed E-state index contributed by atoms with van der Waals surface area (Å²) in [7, 11) is 1.50. The van der Waals surface area contributed by atoms with Crippen LogP contribution in [0.2, 0.25) is 0 Å². The highest BCUT2D eigenvalue weighted by atomic mass is 31.2. The molecule has 0 heterocycles. The first kappa shape index (κ1) is 76.0. The SMILES string of the molecule is CCCCC/C=C\C/C=C\CCCCCCCCCCCCCC(=O)NC(COP(=O)(O)OCC[N+](C)(C)C)C(/C=C/CCCCCCCCCCCC)OC(=O)CCCCCCCCCCC/C=C/CCCCCCCC. The summed E-state index contributed by atoms with van der Waals surface area (Å²) in [5, 5.41) is 3.07. The maximum Gasteiger partial charge on any atom is 0.472 e. The highest BCUT2D eigenvalue weighted by molar-refractivity contribution is 7.47. The molecule has 458 valence electrons. The number of amides is 1. The Morgan fingerprint density at radius 3 is 1.19 bits per heavy atom. The molecule has 0 bridgehead atoms. The number of likely N-dealkylation sites (N-methyl/N-ethyl adjacent to an activating group) is 1. The number of ether oxygens (including phenoxy) is 1. The van der Waals surface area contributed by atoms with Crippen LogP contribution in [0.5, 0.6) is 0 Å². The molecule has 0 spiro atoms. The summed E-state index contributed by atoms with van der Waals surface area (Å²) in [6.07, 6.45) is 72.5. The molecule has 0 aliphatic carbocycles. The van der Waals surface area contributed by atoms with Gasteiger partial charge in [-0.05, 0) is 89.5 Å². The van der Waals surface area contributed by atoms with Crippen LogP contribution in [0.25, 0.3) is 0 Å². The molecule has 3 atom stereocenters. The van der Waals surface area contributed by atoms with Crippen molar-refractivity contribution in [2.45, 2.75) is 335 Å². The van der Waals surface area contributed by atoms with E-state index in [1.54, 1.807) is 0 Å². The quantitative estimate of drug-likeness (QED) is 0.0205. The van der Waals surface area contributed by atoms with E-state index in [1.165, 1.54) is 225 Å². The third-order valence-electron chi connectivity index (χ3n) is 15.0. The van der Waals surface area contributed by atoms with E-state index in [2.05, 4.69) is 62.5 Å². The van der Waals surface area contributed by atoms with Crippen molar-refractivity contribution in [3.63, 3.8) is 0 Å². The molecule has 10 heteroatoms. The smallest absolute Gasteiger partial charge is 0.456 e. The Labute approximate surface area is 484 Å². The van der Waals surface area contributed by atoms with E-state index in [0.717, 1.165) is 64.2 Å². The van der Waals surface area contributed by atoms with Gasteiger partial charge in [0, 0.05) is 12.8 Å². The molecular weight excluding hydrogens is 988 g/mol. The summed E-state index contributed by atoms with van der Waals surface area (Å²) < 4.78 is 30.8. The number of phosphoric acid groups is 1. The van der Waals surface area contributed by atoms with Crippen molar-refractivity contribution in [2.75, 3.05) is 40.9 Å². The molecule has 0 aromatic heterocycles. The average molecular weight is 1120 g/mol. The van der Waals surface area contributed by atoms with Crippen LogP contribution in [0.1, 0.15) is 323 Å². The third kappa shape index (κ3) is 58.6. The van der Waals surface area contributed by atoms with Crippen LogP contribution in [0.4, 0.5) is 0 Å². The Balaban J connectivity index is 5.15. The second-order valence-electron chi connectivity index (χ2n) is 24.0. The highest BCUT2D eigenvalue weighted by Crippen LogP contribution is 2.43.